The molecule has 0 saturated carbocycles. The Bertz CT molecular complexity index is 520. The van der Waals surface area contributed by atoms with Crippen LogP contribution in [0.3, 0.4) is 0 Å². The zero-order chi connectivity index (χ0) is 13.7. The Morgan fingerprint density at radius 3 is 2.72 bits per heavy atom. The molecule has 0 unspecified atom stereocenters. The van der Waals surface area contributed by atoms with E-state index in [0.717, 1.165) is 0 Å². The van der Waals surface area contributed by atoms with Gasteiger partial charge in [-0.05, 0) is 19.1 Å². The summed E-state index contributed by atoms with van der Waals surface area (Å²) in [5.74, 6) is 0.783. The second-order valence-corrected chi connectivity index (χ2v) is 3.64. The molecule has 94 valence electrons. The summed E-state index contributed by atoms with van der Waals surface area (Å²) in [6.07, 6.45) is 5.18. The van der Waals surface area contributed by atoms with E-state index in [4.69, 9.17) is 17.3 Å². The normalized spacial score (nSPS) is 9.56. The molecule has 0 aliphatic heterocycles. The predicted molar refractivity (Wildman–Crippen MR) is 66.2 cm³/mol. The smallest absolute Gasteiger partial charge is 0.323 e. The molecule has 0 saturated heterocycles. The Hall–Kier alpha value is -2.55. The number of pyridine rings is 1. The quantitative estimate of drug-likeness (QED) is 0.714. The highest BCUT2D eigenvalue weighted by atomic mass is 16.4. The molecule has 0 fully saturated rings. The second kappa shape index (κ2) is 5.68. The Labute approximate surface area is 104 Å². The number of amides is 1. The highest BCUT2D eigenvalue weighted by molar-refractivity contribution is 5.98. The van der Waals surface area contributed by atoms with Crippen LogP contribution in [0.25, 0.3) is 0 Å². The molecule has 0 aliphatic rings. The molecular weight excluding hydrogens is 234 g/mol. The van der Waals surface area contributed by atoms with Crippen LogP contribution in [0, 0.1) is 19.3 Å². The van der Waals surface area contributed by atoms with Crippen molar-refractivity contribution in [2.45, 2.75) is 6.92 Å². The standard InChI is InChI=1S/C12H13N3O3/c1-3-6-15(7-10(16)17)12-9(11(13)18)5-4-8(2)14-12/h1,4-5H,6-7H2,2H3,(H2,13,18)(H,16,17). The van der Waals surface area contributed by atoms with Gasteiger partial charge in [-0.1, -0.05) is 5.92 Å². The summed E-state index contributed by atoms with van der Waals surface area (Å²) in [7, 11) is 0. The van der Waals surface area contributed by atoms with E-state index in [1.165, 1.54) is 11.0 Å². The minimum Gasteiger partial charge on any atom is -0.480 e. The van der Waals surface area contributed by atoms with E-state index >= 15 is 0 Å². The summed E-state index contributed by atoms with van der Waals surface area (Å²) < 4.78 is 0. The number of nitrogens with two attached hydrogens (primary N) is 1. The fourth-order valence-corrected chi connectivity index (χ4v) is 1.46. The number of carbonyl (C=O) groups is 2. The third kappa shape index (κ3) is 3.22. The van der Waals surface area contributed by atoms with Crippen molar-refractivity contribution in [3.05, 3.63) is 23.4 Å². The molecule has 3 N–H and O–H groups in total. The molecule has 6 nitrogen and oxygen atoms in total. The molecular formula is C12H13N3O3. The van der Waals surface area contributed by atoms with Gasteiger partial charge in [0.25, 0.3) is 5.91 Å². The van der Waals surface area contributed by atoms with Crippen molar-refractivity contribution < 1.29 is 14.7 Å². The Morgan fingerprint density at radius 2 is 2.22 bits per heavy atom. The highest BCUT2D eigenvalue weighted by Crippen LogP contribution is 2.17. The van der Waals surface area contributed by atoms with E-state index in [0.29, 0.717) is 5.69 Å². The van der Waals surface area contributed by atoms with E-state index in [9.17, 15) is 9.59 Å². The highest BCUT2D eigenvalue weighted by Gasteiger charge is 2.18. The van der Waals surface area contributed by atoms with Crippen LogP contribution < -0.4 is 10.6 Å². The maximum atomic E-state index is 11.3. The monoisotopic (exact) mass is 247 g/mol. The van der Waals surface area contributed by atoms with Gasteiger partial charge >= 0.3 is 5.97 Å². The number of anilines is 1. The van der Waals surface area contributed by atoms with E-state index in [2.05, 4.69) is 10.9 Å². The maximum absolute atomic E-state index is 11.3. The van der Waals surface area contributed by atoms with Gasteiger partial charge in [0.05, 0.1) is 12.1 Å². The van der Waals surface area contributed by atoms with E-state index in [1.807, 2.05) is 0 Å². The molecule has 18 heavy (non-hydrogen) atoms. The molecule has 0 atom stereocenters. The summed E-state index contributed by atoms with van der Waals surface area (Å²) in [5.41, 5.74) is 6.02. The molecule has 0 aliphatic carbocycles. The first-order valence-corrected chi connectivity index (χ1v) is 5.13. The Morgan fingerprint density at radius 1 is 1.56 bits per heavy atom. The molecule has 1 amide bonds. The van der Waals surface area contributed by atoms with Gasteiger partial charge in [-0.2, -0.15) is 0 Å². The van der Waals surface area contributed by atoms with Gasteiger partial charge < -0.3 is 15.7 Å². The van der Waals surface area contributed by atoms with Crippen molar-refractivity contribution in [3.63, 3.8) is 0 Å². The average Bonchev–Trinajstić information content (AvgIpc) is 2.27. The molecule has 0 bridgehead atoms. The molecule has 0 spiro atoms. The second-order valence-electron chi connectivity index (χ2n) is 3.64. The van der Waals surface area contributed by atoms with Gasteiger partial charge in [-0.3, -0.25) is 9.59 Å². The van der Waals surface area contributed by atoms with Crippen LogP contribution in [0.5, 0.6) is 0 Å². The predicted octanol–water partition coefficient (Wildman–Crippen LogP) is 0.0131. The summed E-state index contributed by atoms with van der Waals surface area (Å²) in [6.45, 7) is 1.41. The average molecular weight is 247 g/mol. The van der Waals surface area contributed by atoms with E-state index in [1.54, 1.807) is 13.0 Å². The largest absolute Gasteiger partial charge is 0.480 e. The van der Waals surface area contributed by atoms with Crippen LogP contribution in [0.15, 0.2) is 12.1 Å². The zero-order valence-corrected chi connectivity index (χ0v) is 9.88. The Kier molecular flexibility index (Phi) is 4.27. The number of rotatable bonds is 5. The van der Waals surface area contributed by atoms with Crippen LogP contribution in [-0.4, -0.2) is 35.1 Å². The van der Waals surface area contributed by atoms with Crippen molar-refractivity contribution in [2.24, 2.45) is 5.73 Å². The fraction of sp³-hybridized carbons (Fsp3) is 0.250. The molecule has 0 aromatic carbocycles. The van der Waals surface area contributed by atoms with Gasteiger partial charge in [0.15, 0.2) is 0 Å². The van der Waals surface area contributed by atoms with Gasteiger partial charge in [-0.25, -0.2) is 4.98 Å². The van der Waals surface area contributed by atoms with Crippen molar-refractivity contribution >= 4 is 17.7 Å². The molecule has 1 rings (SSSR count). The van der Waals surface area contributed by atoms with Gasteiger partial charge in [-0.15, -0.1) is 6.42 Å². The summed E-state index contributed by atoms with van der Waals surface area (Å²) in [5, 5.41) is 8.82. The number of primary amides is 1. The lowest BCUT2D eigenvalue weighted by Crippen LogP contribution is -2.33. The lowest BCUT2D eigenvalue weighted by atomic mass is 10.2. The molecule has 0 radical (unpaired) electrons. The number of carboxylic acid groups (broad SMARTS) is 1. The lowest BCUT2D eigenvalue weighted by molar-refractivity contribution is -0.135. The number of carboxylic acids is 1. The number of nitrogens with zero attached hydrogens (tertiary/aromatic N) is 2. The van der Waals surface area contributed by atoms with Crippen LogP contribution in [0.4, 0.5) is 5.82 Å². The molecule has 6 heteroatoms. The number of hydrogen-bond acceptors (Lipinski definition) is 4. The van der Waals surface area contributed by atoms with Crippen molar-refractivity contribution in [1.82, 2.24) is 4.98 Å². The van der Waals surface area contributed by atoms with Gasteiger partial charge in [0.1, 0.15) is 12.4 Å². The first kappa shape index (κ1) is 13.5. The third-order valence-corrected chi connectivity index (χ3v) is 2.19. The number of aromatic nitrogens is 1. The van der Waals surface area contributed by atoms with Gasteiger partial charge in [0.2, 0.25) is 0 Å². The maximum Gasteiger partial charge on any atom is 0.323 e. The summed E-state index contributed by atoms with van der Waals surface area (Å²) >= 11 is 0. The van der Waals surface area contributed by atoms with Crippen molar-refractivity contribution in [1.29, 1.82) is 0 Å². The minimum absolute atomic E-state index is 0.0308. The summed E-state index contributed by atoms with van der Waals surface area (Å²) in [4.78, 5) is 27.5. The van der Waals surface area contributed by atoms with Crippen LogP contribution in [0.2, 0.25) is 0 Å². The molecule has 1 heterocycles. The lowest BCUT2D eigenvalue weighted by Gasteiger charge is -2.21. The van der Waals surface area contributed by atoms with Crippen LogP contribution in [-0.2, 0) is 4.79 Å². The van der Waals surface area contributed by atoms with Crippen LogP contribution >= 0.6 is 0 Å². The Balaban J connectivity index is 3.25. The number of hydrogen-bond donors (Lipinski definition) is 2. The van der Waals surface area contributed by atoms with E-state index < -0.39 is 11.9 Å². The van der Waals surface area contributed by atoms with Crippen molar-refractivity contribution in [3.8, 4) is 12.3 Å². The number of carbonyl (C=O) groups excluding carboxylic acids is 1. The summed E-state index contributed by atoms with van der Waals surface area (Å²) in [6, 6.07) is 3.13. The first-order valence-electron chi connectivity index (χ1n) is 5.13. The third-order valence-electron chi connectivity index (χ3n) is 2.19. The SMILES string of the molecule is C#CCN(CC(=O)O)c1nc(C)ccc1C(N)=O. The fourth-order valence-electron chi connectivity index (χ4n) is 1.46. The number of aryl methyl sites for hydroxylation is 1. The van der Waals surface area contributed by atoms with Crippen molar-refractivity contribution in [2.75, 3.05) is 18.0 Å². The first-order chi connectivity index (χ1) is 8.45. The molecule has 1 aromatic heterocycles. The van der Waals surface area contributed by atoms with E-state index in [-0.39, 0.29) is 24.5 Å². The number of aliphatic carboxylic acids is 1. The minimum atomic E-state index is -1.07. The topological polar surface area (TPSA) is 96.5 Å². The zero-order valence-electron chi connectivity index (χ0n) is 9.88. The number of terminal acetylenes is 1. The van der Waals surface area contributed by atoms with Crippen LogP contribution in [0.1, 0.15) is 16.1 Å². The molecule has 1 aromatic rings. The van der Waals surface area contributed by atoms with Gasteiger partial charge in [0, 0.05) is 5.69 Å².